The lowest BCUT2D eigenvalue weighted by Crippen LogP contribution is -2.49. The zero-order valence-electron chi connectivity index (χ0n) is 18.5. The Hall–Kier alpha value is -3.24. The second-order valence-corrected chi connectivity index (χ2v) is 8.66. The quantitative estimate of drug-likeness (QED) is 0.518. The molecule has 33 heavy (non-hydrogen) atoms. The summed E-state index contributed by atoms with van der Waals surface area (Å²) in [4.78, 5) is 37.9. The molecule has 0 unspecified atom stereocenters. The molecule has 10 heteroatoms. The summed E-state index contributed by atoms with van der Waals surface area (Å²) in [6.07, 6.45) is 3.01. The molecule has 0 radical (unpaired) electrons. The number of benzene rings is 1. The number of H-pyrrole nitrogens is 1. The highest BCUT2D eigenvalue weighted by atomic mass is 16.5. The molecule has 0 spiro atoms. The Morgan fingerprint density at radius 2 is 1.91 bits per heavy atom. The number of nitrogens with zero attached hydrogens (tertiary/aromatic N) is 2. The summed E-state index contributed by atoms with van der Waals surface area (Å²) in [5.41, 5.74) is 6.46. The fraction of sp³-hybridized carbons (Fsp3) is 0.478. The summed E-state index contributed by atoms with van der Waals surface area (Å²) in [6.45, 7) is 2.34. The first-order valence-corrected chi connectivity index (χ1v) is 11.3. The molecule has 0 bridgehead atoms. The lowest BCUT2D eigenvalue weighted by molar-refractivity contribution is -0.146. The lowest BCUT2D eigenvalue weighted by Gasteiger charge is -2.27. The summed E-state index contributed by atoms with van der Waals surface area (Å²) in [6, 6.07) is 4.99. The van der Waals surface area contributed by atoms with Crippen LogP contribution in [0, 0.1) is 5.92 Å². The van der Waals surface area contributed by atoms with E-state index in [1.54, 1.807) is 11.1 Å². The molecule has 1 saturated carbocycles. The van der Waals surface area contributed by atoms with E-state index in [9.17, 15) is 14.4 Å². The second kappa shape index (κ2) is 8.95. The first-order valence-electron chi connectivity index (χ1n) is 11.3. The van der Waals surface area contributed by atoms with Gasteiger partial charge >= 0.3 is 12.0 Å². The number of ketones is 1. The number of rotatable bonds is 4. The number of fused-ring (bicyclic) bond motifs is 3. The van der Waals surface area contributed by atoms with Gasteiger partial charge in [0.25, 0.3) is 0 Å². The molecule has 1 aliphatic heterocycles. The number of carbonyl (C=O) groups excluding carboxylic acids is 3. The highest BCUT2D eigenvalue weighted by molar-refractivity contribution is 6.25. The Morgan fingerprint density at radius 3 is 2.64 bits per heavy atom. The number of aromatic amines is 1. The number of hydrogen-bond acceptors (Lipinski definition) is 7. The fourth-order valence-electron chi connectivity index (χ4n) is 5.05. The number of morpholine rings is 1. The van der Waals surface area contributed by atoms with E-state index in [0.29, 0.717) is 54.4 Å². The molecule has 2 aromatic rings. The van der Waals surface area contributed by atoms with E-state index in [-0.39, 0.29) is 23.6 Å². The van der Waals surface area contributed by atoms with Gasteiger partial charge in [-0.1, -0.05) is 12.1 Å². The molecule has 1 aromatic carbocycles. The summed E-state index contributed by atoms with van der Waals surface area (Å²) in [5, 5.41) is 12.2. The third kappa shape index (κ3) is 4.00. The first-order chi connectivity index (χ1) is 16.1. The van der Waals surface area contributed by atoms with Gasteiger partial charge in [0, 0.05) is 24.6 Å². The van der Waals surface area contributed by atoms with Gasteiger partial charge in [-0.15, -0.1) is 0 Å². The highest BCUT2D eigenvalue weighted by Crippen LogP contribution is 2.45. The number of anilines is 1. The maximum atomic E-state index is 13.5. The van der Waals surface area contributed by atoms with Gasteiger partial charge in [0.15, 0.2) is 5.78 Å². The van der Waals surface area contributed by atoms with Gasteiger partial charge in [-0.25, -0.2) is 9.80 Å². The molecule has 2 fully saturated rings. The van der Waals surface area contributed by atoms with Crippen molar-refractivity contribution in [1.29, 1.82) is 0 Å². The zero-order chi connectivity index (χ0) is 22.9. The smallest absolute Gasteiger partial charge is 0.333 e. The maximum Gasteiger partial charge on any atom is 0.333 e. The lowest BCUT2D eigenvalue weighted by atomic mass is 9.79. The SMILES string of the molecule is COC(=O)C1CCC(c2[nH]nc3c2C(=O)c2c(NC(=O)NN4CCOCC4)cccc2-3)CC1. The van der Waals surface area contributed by atoms with Crippen LogP contribution < -0.4 is 10.7 Å². The van der Waals surface area contributed by atoms with E-state index < -0.39 is 6.03 Å². The average Bonchev–Trinajstić information content (AvgIpc) is 3.40. The number of nitrogens with one attached hydrogen (secondary N) is 3. The van der Waals surface area contributed by atoms with Crippen molar-refractivity contribution >= 4 is 23.5 Å². The predicted octanol–water partition coefficient (Wildman–Crippen LogP) is 2.44. The number of methoxy groups -OCH3 is 1. The molecule has 3 N–H and O–H groups in total. The molecular weight excluding hydrogens is 426 g/mol. The van der Waals surface area contributed by atoms with Crippen molar-refractivity contribution in [2.45, 2.75) is 31.6 Å². The van der Waals surface area contributed by atoms with Crippen molar-refractivity contribution in [2.24, 2.45) is 5.92 Å². The third-order valence-electron chi connectivity index (χ3n) is 6.76. The monoisotopic (exact) mass is 453 g/mol. The maximum absolute atomic E-state index is 13.5. The summed E-state index contributed by atoms with van der Waals surface area (Å²) in [5.74, 6) is -0.267. The molecule has 0 atom stereocenters. The van der Waals surface area contributed by atoms with Crippen LogP contribution in [-0.2, 0) is 14.3 Å². The fourth-order valence-corrected chi connectivity index (χ4v) is 5.05. The largest absolute Gasteiger partial charge is 0.469 e. The Bertz CT molecular complexity index is 1080. The first kappa shape index (κ1) is 21.6. The number of aromatic nitrogens is 2. The minimum Gasteiger partial charge on any atom is -0.469 e. The molecule has 2 aliphatic carbocycles. The van der Waals surface area contributed by atoms with Gasteiger partial charge in [0.2, 0.25) is 0 Å². The van der Waals surface area contributed by atoms with Gasteiger partial charge in [-0.2, -0.15) is 5.10 Å². The Morgan fingerprint density at radius 1 is 1.15 bits per heavy atom. The van der Waals surface area contributed by atoms with Gasteiger partial charge in [-0.05, 0) is 31.7 Å². The van der Waals surface area contributed by atoms with Crippen LogP contribution in [0.4, 0.5) is 10.5 Å². The van der Waals surface area contributed by atoms with Crippen LogP contribution in [0.15, 0.2) is 18.2 Å². The number of hydrazine groups is 1. The normalized spacial score (nSPS) is 22.4. The van der Waals surface area contributed by atoms with Crippen LogP contribution in [0.2, 0.25) is 0 Å². The van der Waals surface area contributed by atoms with Gasteiger partial charge < -0.3 is 14.8 Å². The van der Waals surface area contributed by atoms with Crippen molar-refractivity contribution in [3.8, 4) is 11.3 Å². The number of hydrogen-bond donors (Lipinski definition) is 3. The molecule has 174 valence electrons. The van der Waals surface area contributed by atoms with E-state index >= 15 is 0 Å². The number of amides is 2. The molecule has 10 nitrogen and oxygen atoms in total. The van der Waals surface area contributed by atoms with E-state index in [1.165, 1.54) is 7.11 Å². The number of carbonyl (C=O) groups is 3. The summed E-state index contributed by atoms with van der Waals surface area (Å²) < 4.78 is 10.2. The summed E-state index contributed by atoms with van der Waals surface area (Å²) in [7, 11) is 1.42. The minimum absolute atomic E-state index is 0.0871. The Kier molecular flexibility index (Phi) is 5.86. The van der Waals surface area contributed by atoms with Crippen molar-refractivity contribution < 1.29 is 23.9 Å². The third-order valence-corrected chi connectivity index (χ3v) is 6.76. The number of urea groups is 1. The minimum atomic E-state index is -0.398. The van der Waals surface area contributed by atoms with E-state index in [2.05, 4.69) is 20.9 Å². The Balaban J connectivity index is 1.33. The van der Waals surface area contributed by atoms with Crippen molar-refractivity contribution in [3.63, 3.8) is 0 Å². The molecular formula is C23H27N5O5. The molecule has 2 heterocycles. The molecule has 5 rings (SSSR count). The molecule has 3 aliphatic rings. The van der Waals surface area contributed by atoms with Crippen LogP contribution >= 0.6 is 0 Å². The zero-order valence-corrected chi connectivity index (χ0v) is 18.5. The van der Waals surface area contributed by atoms with Crippen molar-refractivity contribution in [2.75, 3.05) is 38.7 Å². The van der Waals surface area contributed by atoms with Crippen LogP contribution in [0.3, 0.4) is 0 Å². The van der Waals surface area contributed by atoms with E-state index in [0.717, 1.165) is 31.4 Å². The van der Waals surface area contributed by atoms with Crippen molar-refractivity contribution in [1.82, 2.24) is 20.6 Å². The van der Waals surface area contributed by atoms with Gasteiger partial charge in [0.05, 0.1) is 48.7 Å². The number of esters is 1. The van der Waals surface area contributed by atoms with Crippen LogP contribution in [0.5, 0.6) is 0 Å². The molecule has 2 amide bonds. The Labute approximate surface area is 191 Å². The standard InChI is InChI=1S/C23H27N5O5/c1-32-22(30)14-7-5-13(6-8-14)19-18-20(26-25-19)15-3-2-4-16(17(15)21(18)29)24-23(31)27-28-9-11-33-12-10-28/h2-4,13-14H,5-12H2,1H3,(H,25,26)(H2,24,27,31). The summed E-state index contributed by atoms with van der Waals surface area (Å²) >= 11 is 0. The van der Waals surface area contributed by atoms with E-state index in [4.69, 9.17) is 9.47 Å². The van der Waals surface area contributed by atoms with Crippen molar-refractivity contribution in [3.05, 3.63) is 35.0 Å². The van der Waals surface area contributed by atoms with Crippen LogP contribution in [-0.4, -0.2) is 66.4 Å². The second-order valence-electron chi connectivity index (χ2n) is 8.66. The van der Waals surface area contributed by atoms with Crippen LogP contribution in [0.25, 0.3) is 11.3 Å². The average molecular weight is 453 g/mol. The van der Waals surface area contributed by atoms with Gasteiger partial charge in [0.1, 0.15) is 5.69 Å². The number of ether oxygens (including phenoxy) is 2. The topological polar surface area (TPSA) is 126 Å². The molecule has 1 saturated heterocycles. The molecule has 1 aromatic heterocycles. The highest BCUT2D eigenvalue weighted by Gasteiger charge is 2.38. The predicted molar refractivity (Wildman–Crippen MR) is 119 cm³/mol. The van der Waals surface area contributed by atoms with Crippen LogP contribution in [0.1, 0.15) is 53.2 Å². The van der Waals surface area contributed by atoms with E-state index in [1.807, 2.05) is 12.1 Å². The van der Waals surface area contributed by atoms with Gasteiger partial charge in [-0.3, -0.25) is 20.1 Å².